The van der Waals surface area contributed by atoms with E-state index in [0.29, 0.717) is 42.4 Å². The standard InChI is InChI=1S/C19H25N3O4/c1-4-26-15-6-5-14(11-16(15)25-3)12-20-22-17(23)19(21-18(22)24)9-7-13(2)8-10-19/h5-6,11-13H,4,7-10H2,1-3H3,(H,21,24)/b20-12-. The molecule has 26 heavy (non-hydrogen) atoms. The monoisotopic (exact) mass is 359 g/mol. The Bertz CT molecular complexity index is 723. The average molecular weight is 359 g/mol. The lowest BCUT2D eigenvalue weighted by Gasteiger charge is -2.33. The third kappa shape index (κ3) is 3.38. The van der Waals surface area contributed by atoms with Crippen LogP contribution in [0.15, 0.2) is 23.3 Å². The van der Waals surface area contributed by atoms with E-state index in [9.17, 15) is 9.59 Å². The molecule has 1 aromatic carbocycles. The van der Waals surface area contributed by atoms with Crippen LogP contribution in [-0.2, 0) is 4.79 Å². The van der Waals surface area contributed by atoms with E-state index in [1.54, 1.807) is 25.3 Å². The first kappa shape index (κ1) is 18.2. The van der Waals surface area contributed by atoms with Crippen LogP contribution in [0.3, 0.4) is 0 Å². The normalized spacial score (nSPS) is 25.8. The number of benzene rings is 1. The Morgan fingerprint density at radius 3 is 2.69 bits per heavy atom. The quantitative estimate of drug-likeness (QED) is 0.647. The van der Waals surface area contributed by atoms with Crippen molar-refractivity contribution in [2.75, 3.05) is 13.7 Å². The lowest BCUT2D eigenvalue weighted by molar-refractivity contribution is -0.132. The second kappa shape index (κ2) is 7.35. The Labute approximate surface area is 153 Å². The van der Waals surface area contributed by atoms with Crippen LogP contribution < -0.4 is 14.8 Å². The molecule has 1 saturated heterocycles. The summed E-state index contributed by atoms with van der Waals surface area (Å²) in [5.41, 5.74) is -0.0682. The van der Waals surface area contributed by atoms with Crippen molar-refractivity contribution in [3.8, 4) is 11.5 Å². The fourth-order valence-corrected chi connectivity index (χ4v) is 3.47. The molecule has 1 aromatic rings. The molecule has 1 spiro atoms. The summed E-state index contributed by atoms with van der Waals surface area (Å²) in [6, 6.07) is 4.87. The lowest BCUT2D eigenvalue weighted by Crippen LogP contribution is -2.49. The largest absolute Gasteiger partial charge is 0.493 e. The number of imide groups is 1. The number of amides is 3. The first-order chi connectivity index (χ1) is 12.5. The number of hydrazone groups is 1. The van der Waals surface area contributed by atoms with E-state index < -0.39 is 11.6 Å². The van der Waals surface area contributed by atoms with Gasteiger partial charge in [0.25, 0.3) is 5.91 Å². The van der Waals surface area contributed by atoms with Crippen LogP contribution in [0.25, 0.3) is 0 Å². The molecule has 1 N–H and O–H groups in total. The van der Waals surface area contributed by atoms with E-state index in [1.165, 1.54) is 6.21 Å². The van der Waals surface area contributed by atoms with Crippen molar-refractivity contribution in [2.24, 2.45) is 11.0 Å². The Morgan fingerprint density at radius 2 is 2.04 bits per heavy atom. The Balaban J connectivity index is 1.76. The van der Waals surface area contributed by atoms with Crippen molar-refractivity contribution < 1.29 is 19.1 Å². The second-order valence-corrected chi connectivity index (χ2v) is 6.90. The zero-order valence-electron chi connectivity index (χ0n) is 15.4. The van der Waals surface area contributed by atoms with E-state index in [2.05, 4.69) is 17.3 Å². The molecule has 2 aliphatic rings. The van der Waals surface area contributed by atoms with Crippen LogP contribution in [0, 0.1) is 5.92 Å². The highest BCUT2D eigenvalue weighted by Crippen LogP contribution is 2.36. The minimum atomic E-state index is -0.780. The van der Waals surface area contributed by atoms with E-state index in [0.717, 1.165) is 17.9 Å². The number of nitrogens with one attached hydrogen (secondary N) is 1. The first-order valence-electron chi connectivity index (χ1n) is 9.00. The van der Waals surface area contributed by atoms with Crippen LogP contribution in [0.2, 0.25) is 0 Å². The molecule has 0 radical (unpaired) electrons. The molecule has 0 atom stereocenters. The molecule has 1 aliphatic heterocycles. The zero-order valence-corrected chi connectivity index (χ0v) is 15.4. The van der Waals surface area contributed by atoms with Gasteiger partial charge in [-0.15, -0.1) is 5.01 Å². The summed E-state index contributed by atoms with van der Waals surface area (Å²) in [6.07, 6.45) is 4.68. The summed E-state index contributed by atoms with van der Waals surface area (Å²) in [5.74, 6) is 1.53. The maximum atomic E-state index is 12.8. The van der Waals surface area contributed by atoms with Gasteiger partial charge in [-0.25, -0.2) is 4.79 Å². The Kier molecular flexibility index (Phi) is 5.15. The SMILES string of the molecule is CCOc1ccc(/C=N\N2C(=O)NC3(CCC(C)CC3)C2=O)cc1OC. The molecule has 0 bridgehead atoms. The van der Waals surface area contributed by atoms with Gasteiger partial charge in [-0.2, -0.15) is 5.10 Å². The maximum absolute atomic E-state index is 12.8. The van der Waals surface area contributed by atoms with Crippen LogP contribution in [0.1, 0.15) is 45.1 Å². The van der Waals surface area contributed by atoms with Crippen molar-refractivity contribution in [3.63, 3.8) is 0 Å². The summed E-state index contributed by atoms with van der Waals surface area (Å²) < 4.78 is 10.8. The molecule has 140 valence electrons. The van der Waals surface area contributed by atoms with Crippen molar-refractivity contribution in [1.82, 2.24) is 10.3 Å². The Hall–Kier alpha value is -2.57. The number of nitrogens with zero attached hydrogens (tertiary/aromatic N) is 2. The van der Waals surface area contributed by atoms with E-state index in [1.807, 2.05) is 6.92 Å². The number of hydrogen-bond acceptors (Lipinski definition) is 5. The summed E-state index contributed by atoms with van der Waals surface area (Å²) in [5, 5.41) is 7.92. The third-order valence-electron chi connectivity index (χ3n) is 5.08. The molecule has 7 heteroatoms. The molecule has 1 saturated carbocycles. The number of ether oxygens (including phenoxy) is 2. The highest BCUT2D eigenvalue weighted by Gasteiger charge is 2.52. The van der Waals surface area contributed by atoms with Gasteiger partial charge in [-0.3, -0.25) is 4.79 Å². The average Bonchev–Trinajstić information content (AvgIpc) is 2.87. The summed E-state index contributed by atoms with van der Waals surface area (Å²) in [4.78, 5) is 25.0. The maximum Gasteiger partial charge on any atom is 0.346 e. The number of urea groups is 1. The molecular formula is C19H25N3O4. The minimum absolute atomic E-state index is 0.261. The predicted octanol–water partition coefficient (Wildman–Crippen LogP) is 2.93. The number of carbonyl (C=O) groups is 2. The topological polar surface area (TPSA) is 80.2 Å². The van der Waals surface area contributed by atoms with E-state index in [4.69, 9.17) is 9.47 Å². The van der Waals surface area contributed by atoms with E-state index >= 15 is 0 Å². The highest BCUT2D eigenvalue weighted by atomic mass is 16.5. The van der Waals surface area contributed by atoms with Crippen LogP contribution >= 0.6 is 0 Å². The number of rotatable bonds is 5. The number of methoxy groups -OCH3 is 1. The zero-order chi connectivity index (χ0) is 18.7. The van der Waals surface area contributed by atoms with Crippen molar-refractivity contribution >= 4 is 18.2 Å². The van der Waals surface area contributed by atoms with Gasteiger partial charge < -0.3 is 14.8 Å². The van der Waals surface area contributed by atoms with Gasteiger partial charge in [0, 0.05) is 0 Å². The smallest absolute Gasteiger partial charge is 0.346 e. The van der Waals surface area contributed by atoms with Crippen molar-refractivity contribution in [1.29, 1.82) is 0 Å². The molecule has 2 fully saturated rings. The van der Waals surface area contributed by atoms with E-state index in [-0.39, 0.29) is 5.91 Å². The van der Waals surface area contributed by atoms with Crippen LogP contribution in [0.4, 0.5) is 4.79 Å². The molecule has 0 aromatic heterocycles. The lowest BCUT2D eigenvalue weighted by atomic mass is 9.77. The Morgan fingerprint density at radius 1 is 1.31 bits per heavy atom. The molecule has 1 aliphatic carbocycles. The molecule has 3 amide bonds. The van der Waals surface area contributed by atoms with Gasteiger partial charge in [-0.1, -0.05) is 6.92 Å². The molecule has 7 nitrogen and oxygen atoms in total. The molecule has 0 unspecified atom stereocenters. The fourth-order valence-electron chi connectivity index (χ4n) is 3.47. The minimum Gasteiger partial charge on any atom is -0.493 e. The van der Waals surface area contributed by atoms with Gasteiger partial charge in [-0.05, 0) is 62.3 Å². The molecule has 3 rings (SSSR count). The van der Waals surface area contributed by atoms with Gasteiger partial charge in [0.05, 0.1) is 19.9 Å². The third-order valence-corrected chi connectivity index (χ3v) is 5.08. The second-order valence-electron chi connectivity index (χ2n) is 6.90. The summed E-state index contributed by atoms with van der Waals surface area (Å²) in [7, 11) is 1.56. The predicted molar refractivity (Wildman–Crippen MR) is 97.5 cm³/mol. The molecule has 1 heterocycles. The van der Waals surface area contributed by atoms with Gasteiger partial charge in [0.2, 0.25) is 0 Å². The van der Waals surface area contributed by atoms with Crippen molar-refractivity contribution in [2.45, 2.75) is 45.1 Å². The number of carbonyl (C=O) groups excluding carboxylic acids is 2. The highest BCUT2D eigenvalue weighted by molar-refractivity contribution is 6.07. The summed E-state index contributed by atoms with van der Waals surface area (Å²) >= 11 is 0. The van der Waals surface area contributed by atoms with Gasteiger partial charge in [0.15, 0.2) is 11.5 Å². The first-order valence-corrected chi connectivity index (χ1v) is 9.00. The van der Waals surface area contributed by atoms with Gasteiger partial charge >= 0.3 is 6.03 Å². The van der Waals surface area contributed by atoms with Crippen LogP contribution in [-0.4, -0.2) is 42.4 Å². The van der Waals surface area contributed by atoms with Crippen molar-refractivity contribution in [3.05, 3.63) is 23.8 Å². The number of hydrogen-bond donors (Lipinski definition) is 1. The summed E-state index contributed by atoms with van der Waals surface area (Å²) in [6.45, 7) is 4.60. The van der Waals surface area contributed by atoms with Crippen LogP contribution in [0.5, 0.6) is 11.5 Å². The fraction of sp³-hybridized carbons (Fsp3) is 0.526. The van der Waals surface area contributed by atoms with Gasteiger partial charge in [0.1, 0.15) is 5.54 Å². The molecular weight excluding hydrogens is 334 g/mol.